The number of carbonyl (C=O) groups excluding carboxylic acids is 1. The van der Waals surface area contributed by atoms with E-state index in [1.54, 1.807) is 6.92 Å². The second-order valence-corrected chi connectivity index (χ2v) is 7.18. The second kappa shape index (κ2) is 7.52. The molecular formula is C21H27NO2. The Labute approximate surface area is 145 Å². The number of nitrogens with one attached hydrogen (secondary N) is 1. The molecule has 0 radical (unpaired) electrons. The Bertz CT molecular complexity index is 656. The molecule has 0 fully saturated rings. The quantitative estimate of drug-likeness (QED) is 0.870. The average molecular weight is 325 g/mol. The number of carbonyl (C=O) groups is 1. The Balaban J connectivity index is 1.95. The minimum Gasteiger partial charge on any atom is -0.481 e. The van der Waals surface area contributed by atoms with E-state index in [-0.39, 0.29) is 17.4 Å². The summed E-state index contributed by atoms with van der Waals surface area (Å²) >= 11 is 0. The van der Waals surface area contributed by atoms with Gasteiger partial charge in [0.2, 0.25) is 0 Å². The maximum Gasteiger partial charge on any atom is 0.261 e. The van der Waals surface area contributed by atoms with Crippen molar-refractivity contribution in [2.24, 2.45) is 0 Å². The third kappa shape index (κ3) is 4.85. The highest BCUT2D eigenvalue weighted by molar-refractivity contribution is 5.81. The zero-order valence-electron chi connectivity index (χ0n) is 15.2. The van der Waals surface area contributed by atoms with Crippen molar-refractivity contribution < 1.29 is 9.53 Å². The fourth-order valence-corrected chi connectivity index (χ4v) is 2.44. The van der Waals surface area contributed by atoms with Gasteiger partial charge in [0.05, 0.1) is 6.04 Å². The van der Waals surface area contributed by atoms with Crippen molar-refractivity contribution in [2.45, 2.75) is 52.2 Å². The van der Waals surface area contributed by atoms with Gasteiger partial charge in [-0.05, 0) is 42.5 Å². The van der Waals surface area contributed by atoms with Crippen molar-refractivity contribution in [1.82, 2.24) is 5.32 Å². The minimum atomic E-state index is -0.538. The molecule has 0 bridgehead atoms. The van der Waals surface area contributed by atoms with Crippen LogP contribution in [0.25, 0.3) is 0 Å². The molecule has 2 aromatic rings. The van der Waals surface area contributed by atoms with Crippen LogP contribution in [0.1, 0.15) is 51.8 Å². The van der Waals surface area contributed by atoms with Crippen LogP contribution in [-0.2, 0) is 10.2 Å². The third-order valence-electron chi connectivity index (χ3n) is 4.06. The molecule has 128 valence electrons. The van der Waals surface area contributed by atoms with E-state index in [2.05, 4.69) is 50.4 Å². The van der Waals surface area contributed by atoms with E-state index in [0.29, 0.717) is 5.75 Å². The van der Waals surface area contributed by atoms with E-state index >= 15 is 0 Å². The SMILES string of the molecule is C[C@@H](Oc1ccccc1)C(=O)N[C@H](C)c1ccc(C(C)(C)C)cc1. The van der Waals surface area contributed by atoms with Crippen LogP contribution in [0, 0.1) is 0 Å². The van der Waals surface area contributed by atoms with Crippen LogP contribution in [0.15, 0.2) is 54.6 Å². The van der Waals surface area contributed by atoms with Gasteiger partial charge in [-0.15, -0.1) is 0 Å². The molecule has 24 heavy (non-hydrogen) atoms. The molecule has 0 saturated heterocycles. The average Bonchev–Trinajstić information content (AvgIpc) is 2.55. The Kier molecular flexibility index (Phi) is 5.66. The second-order valence-electron chi connectivity index (χ2n) is 7.18. The number of benzene rings is 2. The molecule has 0 aliphatic heterocycles. The zero-order chi connectivity index (χ0) is 17.7. The van der Waals surface area contributed by atoms with Crippen LogP contribution in [0.5, 0.6) is 5.75 Å². The number of ether oxygens (including phenoxy) is 1. The van der Waals surface area contributed by atoms with Crippen LogP contribution >= 0.6 is 0 Å². The Morgan fingerprint density at radius 1 is 0.958 bits per heavy atom. The summed E-state index contributed by atoms with van der Waals surface area (Å²) in [6.07, 6.45) is -0.538. The van der Waals surface area contributed by atoms with Crippen LogP contribution in [0.2, 0.25) is 0 Å². The summed E-state index contributed by atoms with van der Waals surface area (Å²) in [5.41, 5.74) is 2.50. The van der Waals surface area contributed by atoms with Crippen molar-refractivity contribution in [2.75, 3.05) is 0 Å². The van der Waals surface area contributed by atoms with Crippen LogP contribution in [0.4, 0.5) is 0 Å². The fourth-order valence-electron chi connectivity index (χ4n) is 2.44. The molecule has 3 heteroatoms. The molecule has 0 unspecified atom stereocenters. The first-order valence-electron chi connectivity index (χ1n) is 8.40. The zero-order valence-corrected chi connectivity index (χ0v) is 15.2. The smallest absolute Gasteiger partial charge is 0.261 e. The van der Waals surface area contributed by atoms with Crippen LogP contribution in [-0.4, -0.2) is 12.0 Å². The number of rotatable bonds is 5. The molecule has 0 heterocycles. The van der Waals surface area contributed by atoms with E-state index in [1.807, 2.05) is 37.3 Å². The van der Waals surface area contributed by atoms with E-state index in [1.165, 1.54) is 5.56 Å². The van der Waals surface area contributed by atoms with Crippen LogP contribution < -0.4 is 10.1 Å². The molecule has 0 aromatic heterocycles. The summed E-state index contributed by atoms with van der Waals surface area (Å²) in [4.78, 5) is 12.3. The van der Waals surface area contributed by atoms with Gasteiger partial charge in [0.25, 0.3) is 5.91 Å². The monoisotopic (exact) mass is 325 g/mol. The maximum atomic E-state index is 12.3. The standard InChI is InChI=1S/C21H27NO2/c1-15(17-11-13-18(14-12-17)21(3,4)5)22-20(23)16(2)24-19-9-7-6-8-10-19/h6-16H,1-5H3,(H,22,23)/t15-,16-/m1/s1. The van der Waals surface area contributed by atoms with Gasteiger partial charge in [0, 0.05) is 0 Å². The van der Waals surface area contributed by atoms with Gasteiger partial charge in [0.15, 0.2) is 6.10 Å². The third-order valence-corrected chi connectivity index (χ3v) is 4.06. The number of amides is 1. The van der Waals surface area contributed by atoms with E-state index in [9.17, 15) is 4.79 Å². The summed E-state index contributed by atoms with van der Waals surface area (Å²) in [6.45, 7) is 10.3. The number of hydrogen-bond acceptors (Lipinski definition) is 2. The molecular weight excluding hydrogens is 298 g/mol. The molecule has 2 rings (SSSR count). The lowest BCUT2D eigenvalue weighted by Gasteiger charge is -2.22. The largest absolute Gasteiger partial charge is 0.481 e. The molecule has 1 N–H and O–H groups in total. The van der Waals surface area contributed by atoms with Crippen molar-refractivity contribution in [3.05, 3.63) is 65.7 Å². The van der Waals surface area contributed by atoms with Crippen molar-refractivity contribution in [3.8, 4) is 5.75 Å². The predicted molar refractivity (Wildman–Crippen MR) is 98.2 cm³/mol. The highest BCUT2D eigenvalue weighted by Crippen LogP contribution is 2.24. The van der Waals surface area contributed by atoms with Gasteiger partial charge in [-0.3, -0.25) is 4.79 Å². The van der Waals surface area contributed by atoms with Crippen molar-refractivity contribution in [3.63, 3.8) is 0 Å². The predicted octanol–water partition coefficient (Wildman–Crippen LogP) is 4.63. The topological polar surface area (TPSA) is 38.3 Å². The van der Waals surface area contributed by atoms with Crippen LogP contribution in [0.3, 0.4) is 0 Å². The molecule has 0 aliphatic rings. The molecule has 0 spiro atoms. The lowest BCUT2D eigenvalue weighted by atomic mass is 9.86. The molecule has 2 atom stereocenters. The first kappa shape index (κ1) is 18.1. The molecule has 1 amide bonds. The van der Waals surface area contributed by atoms with E-state index in [4.69, 9.17) is 4.74 Å². The summed E-state index contributed by atoms with van der Waals surface area (Å²) in [5, 5.41) is 3.01. The molecule has 0 saturated carbocycles. The number of para-hydroxylation sites is 1. The van der Waals surface area contributed by atoms with Gasteiger partial charge in [-0.25, -0.2) is 0 Å². The summed E-state index contributed by atoms with van der Waals surface area (Å²) in [7, 11) is 0. The normalized spacial score (nSPS) is 13.9. The molecule has 2 aromatic carbocycles. The van der Waals surface area contributed by atoms with Gasteiger partial charge < -0.3 is 10.1 Å². The lowest BCUT2D eigenvalue weighted by Crippen LogP contribution is -2.37. The van der Waals surface area contributed by atoms with Gasteiger partial charge in [0.1, 0.15) is 5.75 Å². The van der Waals surface area contributed by atoms with Gasteiger partial charge in [-0.1, -0.05) is 63.2 Å². The first-order chi connectivity index (χ1) is 11.3. The minimum absolute atomic E-state index is 0.0617. The first-order valence-corrected chi connectivity index (χ1v) is 8.40. The van der Waals surface area contributed by atoms with E-state index in [0.717, 1.165) is 5.56 Å². The Morgan fingerprint density at radius 2 is 1.54 bits per heavy atom. The maximum absolute atomic E-state index is 12.3. The van der Waals surface area contributed by atoms with E-state index < -0.39 is 6.10 Å². The van der Waals surface area contributed by atoms with Crippen molar-refractivity contribution >= 4 is 5.91 Å². The van der Waals surface area contributed by atoms with Crippen molar-refractivity contribution in [1.29, 1.82) is 0 Å². The lowest BCUT2D eigenvalue weighted by molar-refractivity contribution is -0.127. The summed E-state index contributed by atoms with van der Waals surface area (Å²) < 4.78 is 5.66. The fraction of sp³-hybridized carbons (Fsp3) is 0.381. The molecule has 3 nitrogen and oxygen atoms in total. The summed E-state index contributed by atoms with van der Waals surface area (Å²) in [5.74, 6) is 0.577. The highest BCUT2D eigenvalue weighted by atomic mass is 16.5. The molecule has 0 aliphatic carbocycles. The van der Waals surface area contributed by atoms with Gasteiger partial charge >= 0.3 is 0 Å². The number of hydrogen-bond donors (Lipinski definition) is 1. The highest BCUT2D eigenvalue weighted by Gasteiger charge is 2.18. The van der Waals surface area contributed by atoms with Gasteiger partial charge in [-0.2, -0.15) is 0 Å². The summed E-state index contributed by atoms with van der Waals surface area (Å²) in [6, 6.07) is 17.7. The Morgan fingerprint density at radius 3 is 2.08 bits per heavy atom. The Hall–Kier alpha value is -2.29.